The minimum Gasteiger partial charge on any atom is -0.298 e. The van der Waals surface area contributed by atoms with Crippen LogP contribution in [0.15, 0.2) is 36.7 Å². The fourth-order valence-electron chi connectivity index (χ4n) is 1.19. The maximum absolute atomic E-state index is 10.7. The van der Waals surface area contributed by atoms with E-state index >= 15 is 0 Å². The van der Waals surface area contributed by atoms with E-state index in [-0.39, 0.29) is 0 Å². The number of nitrogens with zero attached hydrogens (tertiary/aromatic N) is 2. The zero-order valence-corrected chi connectivity index (χ0v) is 9.38. The molecule has 2 rings (SSSR count). The van der Waals surface area contributed by atoms with Crippen LogP contribution in [0.2, 0.25) is 0 Å². The van der Waals surface area contributed by atoms with Crippen LogP contribution in [0.3, 0.4) is 0 Å². The van der Waals surface area contributed by atoms with Gasteiger partial charge in [-0.3, -0.25) is 4.79 Å². The summed E-state index contributed by atoms with van der Waals surface area (Å²) in [7, 11) is 0. The quantitative estimate of drug-likeness (QED) is 0.630. The van der Waals surface area contributed by atoms with Gasteiger partial charge in [-0.15, -0.1) is 0 Å². The van der Waals surface area contributed by atoms with Crippen LogP contribution in [0, 0.1) is 3.57 Å². The summed E-state index contributed by atoms with van der Waals surface area (Å²) in [4.78, 5) is 10.7. The van der Waals surface area contributed by atoms with Crippen molar-refractivity contribution in [3.05, 3.63) is 45.8 Å². The lowest BCUT2D eigenvalue weighted by atomic mass is 10.2. The smallest absolute Gasteiger partial charge is 0.151 e. The Morgan fingerprint density at radius 2 is 2.29 bits per heavy atom. The highest BCUT2D eigenvalue weighted by molar-refractivity contribution is 14.1. The second-order valence-electron chi connectivity index (χ2n) is 2.77. The molecule has 3 nitrogen and oxygen atoms in total. The van der Waals surface area contributed by atoms with Gasteiger partial charge in [0.15, 0.2) is 6.29 Å². The SMILES string of the molecule is O=Cc1cc(-n2cccn2)ccc1I. The molecule has 0 spiro atoms. The molecule has 1 aromatic heterocycles. The third kappa shape index (κ3) is 1.70. The molecule has 1 aromatic carbocycles. The lowest BCUT2D eigenvalue weighted by Crippen LogP contribution is -1.96. The van der Waals surface area contributed by atoms with Crippen LogP contribution in [-0.2, 0) is 0 Å². The van der Waals surface area contributed by atoms with Crippen molar-refractivity contribution in [2.24, 2.45) is 0 Å². The third-order valence-electron chi connectivity index (χ3n) is 1.88. The first-order valence-corrected chi connectivity index (χ1v) is 5.14. The summed E-state index contributed by atoms with van der Waals surface area (Å²) in [5.74, 6) is 0. The fraction of sp³-hybridized carbons (Fsp3) is 0. The van der Waals surface area contributed by atoms with E-state index in [1.165, 1.54) is 0 Å². The van der Waals surface area contributed by atoms with Crippen LogP contribution in [0.25, 0.3) is 5.69 Å². The average molecular weight is 298 g/mol. The summed E-state index contributed by atoms with van der Waals surface area (Å²) >= 11 is 2.13. The molecule has 14 heavy (non-hydrogen) atoms. The van der Waals surface area contributed by atoms with Crippen LogP contribution in [0.4, 0.5) is 0 Å². The normalized spacial score (nSPS) is 10.1. The van der Waals surface area contributed by atoms with E-state index in [9.17, 15) is 4.79 Å². The number of hydrogen-bond acceptors (Lipinski definition) is 2. The summed E-state index contributed by atoms with van der Waals surface area (Å²) < 4.78 is 2.68. The Bertz CT molecular complexity index is 451. The zero-order valence-electron chi connectivity index (χ0n) is 7.22. The molecule has 0 aliphatic carbocycles. The van der Waals surface area contributed by atoms with Gasteiger partial charge in [0.2, 0.25) is 0 Å². The standard InChI is InChI=1S/C10H7IN2O/c11-10-3-2-9(6-8(10)7-14)13-5-1-4-12-13/h1-7H. The number of carbonyl (C=O) groups is 1. The number of hydrogen-bond donors (Lipinski definition) is 0. The highest BCUT2D eigenvalue weighted by Gasteiger charge is 2.01. The van der Waals surface area contributed by atoms with E-state index in [1.54, 1.807) is 10.9 Å². The summed E-state index contributed by atoms with van der Waals surface area (Å²) in [6.07, 6.45) is 4.41. The van der Waals surface area contributed by atoms with Gasteiger partial charge in [0, 0.05) is 21.5 Å². The molecule has 0 atom stereocenters. The van der Waals surface area contributed by atoms with E-state index in [1.807, 2.05) is 30.5 Å². The van der Waals surface area contributed by atoms with Crippen LogP contribution in [-0.4, -0.2) is 16.1 Å². The molecule has 0 saturated carbocycles. The van der Waals surface area contributed by atoms with Gasteiger partial charge in [-0.2, -0.15) is 5.10 Å². The van der Waals surface area contributed by atoms with E-state index in [2.05, 4.69) is 27.7 Å². The molecule has 0 aliphatic rings. The average Bonchev–Trinajstić information content (AvgIpc) is 2.71. The van der Waals surface area contributed by atoms with Gasteiger partial charge in [-0.1, -0.05) is 0 Å². The summed E-state index contributed by atoms with van der Waals surface area (Å²) in [5, 5.41) is 4.09. The number of benzene rings is 1. The fourth-order valence-corrected chi connectivity index (χ4v) is 1.65. The van der Waals surface area contributed by atoms with Gasteiger partial charge in [-0.25, -0.2) is 4.68 Å². The highest BCUT2D eigenvalue weighted by atomic mass is 127. The van der Waals surface area contributed by atoms with Gasteiger partial charge >= 0.3 is 0 Å². The van der Waals surface area contributed by atoms with Gasteiger partial charge < -0.3 is 0 Å². The van der Waals surface area contributed by atoms with Crippen molar-refractivity contribution in [2.75, 3.05) is 0 Å². The van der Waals surface area contributed by atoms with Crippen molar-refractivity contribution in [3.63, 3.8) is 0 Å². The molecule has 70 valence electrons. The van der Waals surface area contributed by atoms with E-state index < -0.39 is 0 Å². The number of halogens is 1. The Kier molecular flexibility index (Phi) is 2.62. The first kappa shape index (κ1) is 9.39. The molecule has 0 N–H and O–H groups in total. The Hall–Kier alpha value is -1.17. The number of aldehydes is 1. The molecule has 0 aliphatic heterocycles. The van der Waals surface area contributed by atoms with Crippen molar-refractivity contribution < 1.29 is 4.79 Å². The molecule has 0 bridgehead atoms. The lowest BCUT2D eigenvalue weighted by Gasteiger charge is -2.02. The Morgan fingerprint density at radius 3 is 2.93 bits per heavy atom. The minimum atomic E-state index is 0.693. The summed E-state index contributed by atoms with van der Waals surface area (Å²) in [5.41, 5.74) is 1.59. The maximum atomic E-state index is 10.7. The largest absolute Gasteiger partial charge is 0.298 e. The molecule has 1 heterocycles. The maximum Gasteiger partial charge on any atom is 0.151 e. The highest BCUT2D eigenvalue weighted by Crippen LogP contribution is 2.14. The van der Waals surface area contributed by atoms with Gasteiger partial charge in [0.1, 0.15) is 0 Å². The Balaban J connectivity index is 2.51. The molecule has 2 aromatic rings. The van der Waals surface area contributed by atoms with Crippen LogP contribution < -0.4 is 0 Å². The number of carbonyl (C=O) groups excluding carboxylic acids is 1. The predicted molar refractivity (Wildman–Crippen MR) is 61.7 cm³/mol. The topological polar surface area (TPSA) is 34.9 Å². The van der Waals surface area contributed by atoms with Crippen LogP contribution in [0.1, 0.15) is 10.4 Å². The zero-order chi connectivity index (χ0) is 9.97. The van der Waals surface area contributed by atoms with Crippen molar-refractivity contribution in [2.45, 2.75) is 0 Å². The molecule has 4 heteroatoms. The number of rotatable bonds is 2. The Labute approximate surface area is 94.9 Å². The van der Waals surface area contributed by atoms with Crippen molar-refractivity contribution in [1.82, 2.24) is 9.78 Å². The van der Waals surface area contributed by atoms with E-state index in [0.29, 0.717) is 5.56 Å². The van der Waals surface area contributed by atoms with Crippen LogP contribution >= 0.6 is 22.6 Å². The molecule has 0 radical (unpaired) electrons. The van der Waals surface area contributed by atoms with Gasteiger partial charge in [-0.05, 0) is 46.9 Å². The van der Waals surface area contributed by atoms with Crippen LogP contribution in [0.5, 0.6) is 0 Å². The first-order chi connectivity index (χ1) is 6.81. The number of aromatic nitrogens is 2. The second kappa shape index (κ2) is 3.91. The third-order valence-corrected chi connectivity index (χ3v) is 2.86. The van der Waals surface area contributed by atoms with Crippen molar-refractivity contribution in [1.29, 1.82) is 0 Å². The van der Waals surface area contributed by atoms with E-state index in [0.717, 1.165) is 15.5 Å². The first-order valence-electron chi connectivity index (χ1n) is 4.06. The van der Waals surface area contributed by atoms with Gasteiger partial charge in [0.25, 0.3) is 0 Å². The molecule has 0 fully saturated rings. The Morgan fingerprint density at radius 1 is 1.43 bits per heavy atom. The summed E-state index contributed by atoms with van der Waals surface area (Å²) in [6.45, 7) is 0. The van der Waals surface area contributed by atoms with Crippen molar-refractivity contribution in [3.8, 4) is 5.69 Å². The minimum absolute atomic E-state index is 0.693. The molecule has 0 amide bonds. The monoisotopic (exact) mass is 298 g/mol. The van der Waals surface area contributed by atoms with Crippen molar-refractivity contribution >= 4 is 28.9 Å². The van der Waals surface area contributed by atoms with E-state index in [4.69, 9.17) is 0 Å². The predicted octanol–water partition coefficient (Wildman–Crippen LogP) is 2.29. The van der Waals surface area contributed by atoms with Gasteiger partial charge in [0.05, 0.1) is 5.69 Å². The molecule has 0 saturated heterocycles. The second-order valence-corrected chi connectivity index (χ2v) is 3.94. The molecular weight excluding hydrogens is 291 g/mol. The molecular formula is C10H7IN2O. The summed E-state index contributed by atoms with van der Waals surface area (Å²) in [6, 6.07) is 7.50. The molecule has 0 unspecified atom stereocenters. The lowest BCUT2D eigenvalue weighted by molar-refractivity contribution is 0.112.